The van der Waals surface area contributed by atoms with Crippen LogP contribution in [0.3, 0.4) is 0 Å². The molecule has 0 unspecified atom stereocenters. The van der Waals surface area contributed by atoms with Crippen LogP contribution in [0.2, 0.25) is 4.01 Å². The Morgan fingerprint density at radius 1 is 0.569 bits per heavy atom. The maximum atomic E-state index is 3.56. The molecule has 0 bridgehead atoms. The van der Waals surface area contributed by atoms with Crippen LogP contribution < -0.4 is 34.6 Å². The third kappa shape index (κ3) is 10.1. The maximum absolute atomic E-state index is 3.56. The van der Waals surface area contributed by atoms with E-state index < -0.39 is 6.89 Å². The average molecular weight is 842 g/mol. The maximum Gasteiger partial charge on any atom is 0.109 e. The Hall–Kier alpha value is -0.807. The molecule has 1 aliphatic heterocycles. The number of rotatable bonds is 5. The van der Waals surface area contributed by atoms with E-state index in [-0.39, 0.29) is 41.5 Å². The Bertz CT molecular complexity index is 1380. The monoisotopic (exact) mass is 841 g/mol. The van der Waals surface area contributed by atoms with E-state index in [0.29, 0.717) is 4.01 Å². The van der Waals surface area contributed by atoms with E-state index in [2.05, 4.69) is 107 Å². The van der Waals surface area contributed by atoms with Crippen LogP contribution in [0.25, 0.3) is 0 Å². The second-order valence-electron chi connectivity index (χ2n) is 17.1. The van der Waals surface area contributed by atoms with Crippen molar-refractivity contribution in [1.82, 2.24) is 0 Å². The molecule has 3 aliphatic carbocycles. The molecular formula is C45H70Cl2N2PRu. The summed E-state index contributed by atoms with van der Waals surface area (Å²) in [6, 6.07) is 9.86. The summed E-state index contributed by atoms with van der Waals surface area (Å²) in [6.07, 6.45) is 22.1. The molecule has 6 heteroatoms. The Labute approximate surface area is 334 Å². The molecule has 0 spiro atoms. The normalized spacial score (nSPS) is 19.4. The fraction of sp³-hybridized carbons (Fsp3) is 0.667. The van der Waals surface area contributed by atoms with Gasteiger partial charge in [0.1, 0.15) is 5.54 Å². The minimum atomic E-state index is -1.55. The van der Waals surface area contributed by atoms with Crippen LogP contribution in [-0.4, -0.2) is 39.9 Å². The molecule has 2 aromatic carbocycles. The van der Waals surface area contributed by atoms with Gasteiger partial charge in [0, 0.05) is 24.5 Å². The molecule has 0 aromatic heterocycles. The molecule has 6 rings (SSSR count). The van der Waals surface area contributed by atoms with Gasteiger partial charge in [-0.25, -0.2) is 0 Å². The van der Waals surface area contributed by atoms with Gasteiger partial charge in [-0.05, 0) is 119 Å². The first-order valence-electron chi connectivity index (χ1n) is 20.0. The predicted molar refractivity (Wildman–Crippen MR) is 219 cm³/mol. The van der Waals surface area contributed by atoms with E-state index in [1.165, 1.54) is 130 Å². The molecule has 4 fully saturated rings. The van der Waals surface area contributed by atoms with Crippen LogP contribution >= 0.6 is 6.89 Å². The topological polar surface area (TPSA) is 6.48 Å². The fourth-order valence-corrected chi connectivity index (χ4v) is 19.3. The van der Waals surface area contributed by atoms with Crippen molar-refractivity contribution in [1.29, 1.82) is 0 Å². The van der Waals surface area contributed by atoms with Crippen LogP contribution in [0, 0.1) is 41.5 Å². The molecule has 287 valence electrons. The van der Waals surface area contributed by atoms with E-state index >= 15 is 0 Å². The molecule has 2 nitrogen and oxygen atoms in total. The van der Waals surface area contributed by atoms with Gasteiger partial charge in [-0.15, -0.1) is 0 Å². The van der Waals surface area contributed by atoms with Crippen molar-refractivity contribution in [2.75, 3.05) is 22.9 Å². The zero-order valence-electron chi connectivity index (χ0n) is 33.7. The van der Waals surface area contributed by atoms with Crippen LogP contribution in [-0.2, 0) is 16.7 Å². The first-order valence-corrected chi connectivity index (χ1v) is 23.7. The van der Waals surface area contributed by atoms with E-state index in [4.69, 9.17) is 0 Å². The van der Waals surface area contributed by atoms with E-state index in [9.17, 15) is 0 Å². The van der Waals surface area contributed by atoms with Gasteiger partial charge in [-0.2, -0.15) is 0 Å². The van der Waals surface area contributed by atoms with Crippen molar-refractivity contribution in [3.05, 3.63) is 64.2 Å². The summed E-state index contributed by atoms with van der Waals surface area (Å²) >= 11 is 0.279. The van der Waals surface area contributed by atoms with E-state index in [0.717, 1.165) is 30.1 Å². The molecule has 1 heterocycles. The van der Waals surface area contributed by atoms with Gasteiger partial charge in [0.15, 0.2) is 0 Å². The van der Waals surface area contributed by atoms with Gasteiger partial charge < -0.3 is 34.6 Å². The number of anilines is 2. The summed E-state index contributed by atoms with van der Waals surface area (Å²) < 4.78 is 3.41. The Kier molecular flexibility index (Phi) is 17.2. The van der Waals surface area contributed by atoms with Gasteiger partial charge in [0.2, 0.25) is 0 Å². The number of nitrogens with zero attached hydrogens (tertiary/aromatic N) is 2. The molecule has 0 N–H and O–H groups in total. The summed E-state index contributed by atoms with van der Waals surface area (Å²) in [7, 11) is 0. The number of benzene rings is 2. The molecule has 4 aliphatic rings. The van der Waals surface area contributed by atoms with Gasteiger partial charge in [-0.3, -0.25) is 0 Å². The molecule has 0 atom stereocenters. The minimum Gasteiger partial charge on any atom is -1.00 e. The number of halogens is 2. The molecule has 3 saturated carbocycles. The first kappa shape index (κ1) is 44.6. The van der Waals surface area contributed by atoms with Crippen molar-refractivity contribution in [3.63, 3.8) is 0 Å². The minimum absolute atomic E-state index is 0. The molecule has 0 amide bonds. The van der Waals surface area contributed by atoms with Gasteiger partial charge in [0.05, 0.1) is 0 Å². The summed E-state index contributed by atoms with van der Waals surface area (Å²) in [5.74, 6) is 0. The Morgan fingerprint density at radius 2 is 0.863 bits per heavy atom. The standard InChI is InChI=1S/C39H59N2P.C4H9.C2H2.2ClH.Ru/c1-28-24-30(3)37(31(4)25-28)40-22-23-41(38-32(5)26-29(2)27-33(38)6)39(40)42(34-16-10-7-11-17-34,35-18-12-8-13-19-35)36-20-14-9-15-21-36;1-4(2)3;1-2;;;/h24-27,34-36H,7-23H2,1-6H3;1-3H3;1H2;2*1H;/q;;;;;+2/p-2. The van der Waals surface area contributed by atoms with Crippen LogP contribution in [0.4, 0.5) is 11.4 Å². The van der Waals surface area contributed by atoms with Crippen molar-refractivity contribution in [2.45, 2.75) is 180 Å². The summed E-state index contributed by atoms with van der Waals surface area (Å²) in [6.45, 7) is 25.1. The second-order valence-corrected chi connectivity index (χ2v) is 25.0. The first-order chi connectivity index (χ1) is 23.4. The molecule has 1 saturated heterocycles. The third-order valence-corrected chi connectivity index (χ3v) is 20.0. The third-order valence-electron chi connectivity index (χ3n) is 12.1. The smallest absolute Gasteiger partial charge is 0.109 e. The molecule has 2 aromatic rings. The van der Waals surface area contributed by atoms with Crippen LogP contribution in [0.15, 0.2) is 30.8 Å². The molecule has 51 heavy (non-hydrogen) atoms. The van der Waals surface area contributed by atoms with Gasteiger partial charge in [-0.1, -0.05) is 100 Å². The van der Waals surface area contributed by atoms with Crippen molar-refractivity contribution in [2.24, 2.45) is 0 Å². The van der Waals surface area contributed by atoms with E-state index in [1.807, 2.05) is 5.54 Å². The Morgan fingerprint density at radius 3 is 1.10 bits per heavy atom. The largest absolute Gasteiger partial charge is 1.00 e. The van der Waals surface area contributed by atoms with Crippen molar-refractivity contribution in [3.8, 4) is 0 Å². The fourth-order valence-electron chi connectivity index (χ4n) is 10.7. The average Bonchev–Trinajstić information content (AvgIpc) is 3.46. The zero-order chi connectivity index (χ0) is 35.3. The number of hydrogen-bond donors (Lipinski definition) is 0. The van der Waals surface area contributed by atoms with Gasteiger partial charge in [0.25, 0.3) is 0 Å². The van der Waals surface area contributed by atoms with Crippen LogP contribution in [0.1, 0.15) is 150 Å². The summed E-state index contributed by atoms with van der Waals surface area (Å²) in [5, 5.41) is 0. The number of aryl methyl sites for hydroxylation is 6. The second kappa shape index (κ2) is 19.7. The molecule has 0 radical (unpaired) electrons. The summed E-state index contributed by atoms with van der Waals surface area (Å²) in [5.41, 5.74) is 16.5. The summed E-state index contributed by atoms with van der Waals surface area (Å²) in [4.78, 5) is 5.96. The quantitative estimate of drug-likeness (QED) is 0.241. The van der Waals surface area contributed by atoms with Crippen LogP contribution in [0.5, 0.6) is 0 Å². The van der Waals surface area contributed by atoms with Gasteiger partial charge >= 0.3 is 52.3 Å². The van der Waals surface area contributed by atoms with Crippen molar-refractivity contribution >= 4 is 28.1 Å². The predicted octanol–water partition coefficient (Wildman–Crippen LogP) is 6.85. The number of hydrogen-bond acceptors (Lipinski definition) is 0. The SMILES string of the molecule is C=[C]=[Ru+2][C](C)(C)C.Cc1cc(C)c(N2CCN(c3c(C)cc(C)cc3C)C2=P(C2CCCCC2)(C2CCCCC2)C2CCCCC2)c(C)c1.[Cl-].[Cl-]. The molecular weight excluding hydrogens is 771 g/mol. The Balaban J connectivity index is 0.000000710. The van der Waals surface area contributed by atoms with E-state index in [1.54, 1.807) is 11.4 Å². The van der Waals surface area contributed by atoms with Crippen molar-refractivity contribution < 1.29 is 41.5 Å². The zero-order valence-corrected chi connectivity index (χ0v) is 37.9.